The predicted molar refractivity (Wildman–Crippen MR) is 107 cm³/mol. The molecule has 1 heterocycles. The Kier molecular flexibility index (Phi) is 2.93. The highest BCUT2D eigenvalue weighted by molar-refractivity contribution is 7.99. The van der Waals surface area contributed by atoms with Crippen LogP contribution in [0.2, 0.25) is 0 Å². The molecule has 4 fully saturated rings. The fourth-order valence-electron chi connectivity index (χ4n) is 7.38. The summed E-state index contributed by atoms with van der Waals surface area (Å²) in [4.78, 5) is 24.9. The molecule has 0 aromatic rings. The van der Waals surface area contributed by atoms with Gasteiger partial charge in [0, 0.05) is 28.9 Å². The standard InChI is InChI=1S/C23H32O3S/c1-21-8-4-15(24)12-14(21)13-18(27-3)20-16(21)5-9-22(2)17(20)6-10-23(22)11-7-19(25)26-23/h12,16-18,20H,4-11,13H2,1-3H3/t16-,17-,18+,20+,21-,22-,23+/m0/s1/i4D2,7D2,12D. The summed E-state index contributed by atoms with van der Waals surface area (Å²) in [7, 11) is 0. The Hall–Kier alpha value is -0.770. The molecule has 148 valence electrons. The van der Waals surface area contributed by atoms with Gasteiger partial charge in [-0.05, 0) is 80.4 Å². The molecule has 0 aromatic carbocycles. The number of esters is 1. The van der Waals surface area contributed by atoms with E-state index in [1.807, 2.05) is 0 Å². The lowest BCUT2D eigenvalue weighted by Gasteiger charge is -2.61. The van der Waals surface area contributed by atoms with Crippen molar-refractivity contribution in [3.8, 4) is 0 Å². The van der Waals surface area contributed by atoms with Crippen molar-refractivity contribution in [1.82, 2.24) is 0 Å². The summed E-state index contributed by atoms with van der Waals surface area (Å²) in [6, 6.07) is -0.115. The zero-order valence-corrected chi connectivity index (χ0v) is 17.2. The molecular formula is C23H32O3S. The minimum Gasteiger partial charge on any atom is -0.458 e. The van der Waals surface area contributed by atoms with Crippen molar-refractivity contribution in [3.05, 3.63) is 11.6 Å². The average Bonchev–Trinajstić information content (AvgIpc) is 3.11. The quantitative estimate of drug-likeness (QED) is 0.592. The Labute approximate surface area is 174 Å². The zero-order chi connectivity index (χ0) is 23.5. The second-order valence-corrected chi connectivity index (χ2v) is 10.8. The first kappa shape index (κ1) is 13.5. The molecule has 3 nitrogen and oxygen atoms in total. The molecule has 4 heteroatoms. The van der Waals surface area contributed by atoms with Crippen LogP contribution in [0.5, 0.6) is 0 Å². The molecule has 7 atom stereocenters. The summed E-state index contributed by atoms with van der Waals surface area (Å²) in [6.45, 7) is 4.25. The van der Waals surface area contributed by atoms with Crippen molar-refractivity contribution in [3.63, 3.8) is 0 Å². The van der Waals surface area contributed by atoms with Crippen LogP contribution in [0.4, 0.5) is 0 Å². The molecule has 1 saturated heterocycles. The van der Waals surface area contributed by atoms with Crippen molar-refractivity contribution in [2.45, 2.75) is 82.4 Å². The van der Waals surface area contributed by atoms with Crippen LogP contribution in [0.1, 0.15) is 78.4 Å². The topological polar surface area (TPSA) is 43.4 Å². The zero-order valence-electron chi connectivity index (χ0n) is 21.4. The summed E-state index contributed by atoms with van der Waals surface area (Å²) >= 11 is 1.76. The van der Waals surface area contributed by atoms with Gasteiger partial charge in [-0.15, -0.1) is 0 Å². The van der Waals surface area contributed by atoms with Crippen molar-refractivity contribution in [1.29, 1.82) is 0 Å². The molecule has 3 saturated carbocycles. The van der Waals surface area contributed by atoms with Crippen molar-refractivity contribution < 1.29 is 21.2 Å². The van der Waals surface area contributed by atoms with Crippen LogP contribution in [-0.4, -0.2) is 28.9 Å². The normalized spacial score (nSPS) is 58.3. The van der Waals surface area contributed by atoms with Gasteiger partial charge in [0.25, 0.3) is 0 Å². The molecule has 0 amide bonds. The highest BCUT2D eigenvalue weighted by Gasteiger charge is 2.68. The number of hydrogen-bond acceptors (Lipinski definition) is 4. The Morgan fingerprint density at radius 2 is 1.93 bits per heavy atom. The number of fused-ring (bicyclic) bond motifs is 6. The van der Waals surface area contributed by atoms with Gasteiger partial charge in [-0.25, -0.2) is 0 Å². The van der Waals surface area contributed by atoms with Crippen LogP contribution in [0.3, 0.4) is 0 Å². The second kappa shape index (κ2) is 5.87. The van der Waals surface area contributed by atoms with Crippen LogP contribution in [0, 0.1) is 28.6 Å². The molecule has 27 heavy (non-hydrogen) atoms. The molecule has 1 spiro atoms. The Bertz CT molecular complexity index is 935. The van der Waals surface area contributed by atoms with E-state index in [-0.39, 0.29) is 47.3 Å². The predicted octanol–water partition coefficient (Wildman–Crippen LogP) is 4.94. The molecule has 5 aliphatic rings. The fourth-order valence-corrected chi connectivity index (χ4v) is 8.41. The summed E-state index contributed by atoms with van der Waals surface area (Å²) in [5.41, 5.74) is -0.769. The van der Waals surface area contributed by atoms with Crippen LogP contribution >= 0.6 is 11.8 Å². The van der Waals surface area contributed by atoms with E-state index in [0.717, 1.165) is 24.8 Å². The molecule has 1 aliphatic heterocycles. The maximum absolute atomic E-state index is 12.6. The number of carbonyl (C=O) groups excluding carboxylic acids is 2. The van der Waals surface area contributed by atoms with E-state index >= 15 is 0 Å². The van der Waals surface area contributed by atoms with Crippen LogP contribution in [0.15, 0.2) is 11.6 Å². The largest absolute Gasteiger partial charge is 0.458 e. The third-order valence-electron chi connectivity index (χ3n) is 8.95. The fraction of sp³-hybridized carbons (Fsp3) is 0.826. The number of ether oxygens (including phenoxy) is 1. The van der Waals surface area contributed by atoms with Gasteiger partial charge in [0.15, 0.2) is 5.78 Å². The maximum atomic E-state index is 12.6. The minimum atomic E-state index is -2.01. The Balaban J connectivity index is 1.58. The van der Waals surface area contributed by atoms with E-state index in [9.17, 15) is 9.59 Å². The van der Waals surface area contributed by atoms with E-state index in [4.69, 9.17) is 11.6 Å². The van der Waals surface area contributed by atoms with E-state index in [0.29, 0.717) is 12.8 Å². The number of allylic oxidation sites excluding steroid dienone is 1. The first-order chi connectivity index (χ1) is 14.7. The maximum Gasteiger partial charge on any atom is 0.306 e. The molecule has 0 N–H and O–H groups in total. The van der Waals surface area contributed by atoms with Gasteiger partial charge in [-0.1, -0.05) is 19.4 Å². The number of thioether (sulfide) groups is 1. The third kappa shape index (κ3) is 2.28. The van der Waals surface area contributed by atoms with E-state index < -0.39 is 35.5 Å². The molecule has 5 rings (SSSR count). The lowest BCUT2D eigenvalue weighted by Crippen LogP contribution is -2.57. The first-order valence-corrected chi connectivity index (χ1v) is 11.5. The minimum absolute atomic E-state index is 0.115. The third-order valence-corrected chi connectivity index (χ3v) is 10.0. The van der Waals surface area contributed by atoms with Gasteiger partial charge in [0.05, 0.1) is 1.37 Å². The molecule has 0 aromatic heterocycles. The highest BCUT2D eigenvalue weighted by atomic mass is 32.2. The molecular weight excluding hydrogens is 356 g/mol. The number of rotatable bonds is 1. The van der Waals surface area contributed by atoms with Crippen LogP contribution in [-0.2, 0) is 14.3 Å². The van der Waals surface area contributed by atoms with E-state index in [1.54, 1.807) is 11.8 Å². The first-order valence-electron chi connectivity index (χ1n) is 12.7. The van der Waals surface area contributed by atoms with Gasteiger partial charge < -0.3 is 4.74 Å². The lowest BCUT2D eigenvalue weighted by molar-refractivity contribution is -0.167. The van der Waals surface area contributed by atoms with Gasteiger partial charge >= 0.3 is 5.97 Å². The number of ketones is 1. The Morgan fingerprint density at radius 1 is 1.15 bits per heavy atom. The van der Waals surface area contributed by atoms with Crippen molar-refractivity contribution >= 4 is 23.5 Å². The van der Waals surface area contributed by atoms with Crippen LogP contribution < -0.4 is 0 Å². The SMILES string of the molecule is [2H]C1=C2C[C@@H](SC)[C@@H]3[C@H](CC[C@@]4(C)[C@H]3CC[C@@]43CC([2H])([2H])C(=O)O3)[C@@]2(C)CC([2H])([2H])C1=O. The van der Waals surface area contributed by atoms with Gasteiger partial charge in [0.1, 0.15) is 5.60 Å². The lowest BCUT2D eigenvalue weighted by atomic mass is 9.46. The monoisotopic (exact) mass is 393 g/mol. The van der Waals surface area contributed by atoms with E-state index in [2.05, 4.69) is 20.1 Å². The number of carbonyl (C=O) groups is 2. The number of hydrogen-bond donors (Lipinski definition) is 0. The van der Waals surface area contributed by atoms with Crippen LogP contribution in [0.25, 0.3) is 0 Å². The average molecular weight is 394 g/mol. The summed E-state index contributed by atoms with van der Waals surface area (Å²) in [5, 5.41) is 0.217. The summed E-state index contributed by atoms with van der Waals surface area (Å²) in [5.74, 6) is -0.741. The molecule has 0 unspecified atom stereocenters. The highest BCUT2D eigenvalue weighted by Crippen LogP contribution is 2.70. The molecule has 0 bridgehead atoms. The summed E-state index contributed by atoms with van der Waals surface area (Å²) < 4.78 is 47.4. The van der Waals surface area contributed by atoms with Crippen molar-refractivity contribution in [2.75, 3.05) is 6.26 Å². The Morgan fingerprint density at radius 3 is 2.63 bits per heavy atom. The van der Waals surface area contributed by atoms with Gasteiger partial charge in [-0.3, -0.25) is 9.59 Å². The summed E-state index contributed by atoms with van der Waals surface area (Å²) in [6.07, 6.45) is 2.13. The van der Waals surface area contributed by atoms with E-state index in [1.165, 1.54) is 0 Å². The molecule has 4 aliphatic carbocycles. The van der Waals surface area contributed by atoms with Gasteiger partial charge in [0.2, 0.25) is 0 Å². The van der Waals surface area contributed by atoms with Crippen molar-refractivity contribution in [2.24, 2.45) is 28.6 Å². The van der Waals surface area contributed by atoms with Gasteiger partial charge in [-0.2, -0.15) is 11.8 Å². The second-order valence-electron chi connectivity index (χ2n) is 9.70. The smallest absolute Gasteiger partial charge is 0.306 e. The molecule has 0 radical (unpaired) electrons.